The van der Waals surface area contributed by atoms with Crippen LogP contribution in [-0.4, -0.2) is 14.8 Å². The predicted molar refractivity (Wildman–Crippen MR) is 76.8 cm³/mol. The van der Waals surface area contributed by atoms with E-state index >= 15 is 0 Å². The van der Waals surface area contributed by atoms with Crippen LogP contribution in [-0.2, 0) is 19.5 Å². The molecule has 0 spiro atoms. The third-order valence-electron chi connectivity index (χ3n) is 3.30. The van der Waals surface area contributed by atoms with Crippen molar-refractivity contribution in [3.05, 3.63) is 47.5 Å². The molecule has 1 unspecified atom stereocenters. The van der Waals surface area contributed by atoms with Gasteiger partial charge < -0.3 is 5.32 Å². The molecule has 0 bridgehead atoms. The van der Waals surface area contributed by atoms with E-state index in [2.05, 4.69) is 46.9 Å². The van der Waals surface area contributed by atoms with Crippen molar-refractivity contribution in [2.45, 2.75) is 46.3 Å². The molecule has 0 aliphatic carbocycles. The van der Waals surface area contributed by atoms with Gasteiger partial charge in [-0.15, -0.1) is 0 Å². The standard InChI is InChI=1S/C15H22N4/c1-4-13-10-14(19(5-2)18-13)11-17-12(3)15-8-6-7-9-16-15/h6-10,12,17H,4-5,11H2,1-3H3. The molecule has 0 aliphatic heterocycles. The molecule has 0 radical (unpaired) electrons. The molecular weight excluding hydrogens is 236 g/mol. The molecule has 2 aromatic rings. The lowest BCUT2D eigenvalue weighted by Crippen LogP contribution is -2.21. The van der Waals surface area contributed by atoms with Crippen LogP contribution in [0.5, 0.6) is 0 Å². The van der Waals surface area contributed by atoms with Gasteiger partial charge in [0.05, 0.1) is 17.1 Å². The highest BCUT2D eigenvalue weighted by Gasteiger charge is 2.09. The Balaban J connectivity index is 2.00. The van der Waals surface area contributed by atoms with Gasteiger partial charge in [0.15, 0.2) is 0 Å². The number of rotatable bonds is 6. The molecule has 2 heterocycles. The molecule has 4 nitrogen and oxygen atoms in total. The zero-order chi connectivity index (χ0) is 13.7. The quantitative estimate of drug-likeness (QED) is 0.866. The Morgan fingerprint density at radius 2 is 2.16 bits per heavy atom. The first-order valence-electron chi connectivity index (χ1n) is 6.94. The molecule has 1 N–H and O–H groups in total. The smallest absolute Gasteiger partial charge is 0.0625 e. The monoisotopic (exact) mass is 258 g/mol. The molecule has 1 atom stereocenters. The Morgan fingerprint density at radius 3 is 2.79 bits per heavy atom. The maximum absolute atomic E-state index is 4.56. The van der Waals surface area contributed by atoms with E-state index in [0.29, 0.717) is 0 Å². The third kappa shape index (κ3) is 3.41. The second-order valence-corrected chi connectivity index (χ2v) is 4.65. The third-order valence-corrected chi connectivity index (χ3v) is 3.30. The van der Waals surface area contributed by atoms with Gasteiger partial charge in [0, 0.05) is 25.3 Å². The molecule has 0 aromatic carbocycles. The Labute approximate surface area is 114 Å². The molecule has 0 amide bonds. The molecule has 0 aliphatic rings. The summed E-state index contributed by atoms with van der Waals surface area (Å²) >= 11 is 0. The van der Waals surface area contributed by atoms with Crippen LogP contribution in [0.2, 0.25) is 0 Å². The van der Waals surface area contributed by atoms with Gasteiger partial charge >= 0.3 is 0 Å². The molecule has 0 saturated carbocycles. The Kier molecular flexibility index (Phi) is 4.68. The number of aryl methyl sites for hydroxylation is 2. The lowest BCUT2D eigenvalue weighted by Gasteiger charge is -2.13. The predicted octanol–water partition coefficient (Wildman–Crippen LogP) is 2.71. The number of pyridine rings is 1. The number of hydrogen-bond acceptors (Lipinski definition) is 3. The SMILES string of the molecule is CCc1cc(CNC(C)c2ccccn2)n(CC)n1. The second kappa shape index (κ2) is 6.48. The summed E-state index contributed by atoms with van der Waals surface area (Å²) < 4.78 is 2.07. The van der Waals surface area contributed by atoms with Crippen LogP contribution in [0, 0.1) is 0 Å². The minimum absolute atomic E-state index is 0.242. The average molecular weight is 258 g/mol. The van der Waals surface area contributed by atoms with Crippen LogP contribution < -0.4 is 5.32 Å². The minimum atomic E-state index is 0.242. The van der Waals surface area contributed by atoms with Gasteiger partial charge in [-0.2, -0.15) is 5.10 Å². The molecule has 2 rings (SSSR count). The number of aromatic nitrogens is 3. The van der Waals surface area contributed by atoms with Gasteiger partial charge in [-0.3, -0.25) is 9.67 Å². The zero-order valence-electron chi connectivity index (χ0n) is 11.9. The molecule has 0 saturated heterocycles. The first-order valence-corrected chi connectivity index (χ1v) is 6.94. The topological polar surface area (TPSA) is 42.7 Å². The van der Waals surface area contributed by atoms with E-state index in [0.717, 1.165) is 30.9 Å². The molecule has 19 heavy (non-hydrogen) atoms. The van der Waals surface area contributed by atoms with Crippen molar-refractivity contribution in [1.82, 2.24) is 20.1 Å². The Hall–Kier alpha value is -1.68. The fourth-order valence-electron chi connectivity index (χ4n) is 2.10. The second-order valence-electron chi connectivity index (χ2n) is 4.65. The Morgan fingerprint density at radius 1 is 1.32 bits per heavy atom. The van der Waals surface area contributed by atoms with Gasteiger partial charge in [0.2, 0.25) is 0 Å². The van der Waals surface area contributed by atoms with Crippen molar-refractivity contribution >= 4 is 0 Å². The summed E-state index contributed by atoms with van der Waals surface area (Å²) in [6.45, 7) is 8.12. The minimum Gasteiger partial charge on any atom is -0.303 e. The fourth-order valence-corrected chi connectivity index (χ4v) is 2.10. The van der Waals surface area contributed by atoms with Crippen molar-refractivity contribution in [3.63, 3.8) is 0 Å². The van der Waals surface area contributed by atoms with Crippen LogP contribution >= 0.6 is 0 Å². The van der Waals surface area contributed by atoms with Crippen LogP contribution in [0.15, 0.2) is 30.5 Å². The van der Waals surface area contributed by atoms with Crippen LogP contribution in [0.25, 0.3) is 0 Å². The average Bonchev–Trinajstić information content (AvgIpc) is 2.88. The van der Waals surface area contributed by atoms with Crippen molar-refractivity contribution in [2.75, 3.05) is 0 Å². The summed E-state index contributed by atoms with van der Waals surface area (Å²) in [5.41, 5.74) is 3.46. The van der Waals surface area contributed by atoms with Gasteiger partial charge in [0.1, 0.15) is 0 Å². The normalized spacial score (nSPS) is 12.6. The first-order chi connectivity index (χ1) is 9.24. The summed E-state index contributed by atoms with van der Waals surface area (Å²) in [5.74, 6) is 0. The van der Waals surface area contributed by atoms with E-state index in [-0.39, 0.29) is 6.04 Å². The number of nitrogens with zero attached hydrogens (tertiary/aromatic N) is 3. The van der Waals surface area contributed by atoms with Gasteiger partial charge in [0.25, 0.3) is 0 Å². The largest absolute Gasteiger partial charge is 0.303 e. The highest BCUT2D eigenvalue weighted by Crippen LogP contribution is 2.11. The summed E-state index contributed by atoms with van der Waals surface area (Å²) in [6.07, 6.45) is 2.81. The maximum atomic E-state index is 4.56. The summed E-state index contributed by atoms with van der Waals surface area (Å²) in [5, 5.41) is 8.06. The summed E-state index contributed by atoms with van der Waals surface area (Å²) in [4.78, 5) is 4.37. The van der Waals surface area contributed by atoms with E-state index < -0.39 is 0 Å². The van der Waals surface area contributed by atoms with Crippen molar-refractivity contribution < 1.29 is 0 Å². The van der Waals surface area contributed by atoms with Crippen molar-refractivity contribution in [2.24, 2.45) is 0 Å². The van der Waals surface area contributed by atoms with Crippen molar-refractivity contribution in [3.8, 4) is 0 Å². The summed E-state index contributed by atoms with van der Waals surface area (Å²) in [7, 11) is 0. The molecule has 4 heteroatoms. The van der Waals surface area contributed by atoms with E-state index in [1.165, 1.54) is 5.69 Å². The van der Waals surface area contributed by atoms with E-state index in [4.69, 9.17) is 0 Å². The molecular formula is C15H22N4. The van der Waals surface area contributed by atoms with Crippen molar-refractivity contribution in [1.29, 1.82) is 0 Å². The van der Waals surface area contributed by atoms with E-state index in [1.54, 1.807) is 0 Å². The summed E-state index contributed by atoms with van der Waals surface area (Å²) in [6, 6.07) is 8.43. The first kappa shape index (κ1) is 13.7. The van der Waals surface area contributed by atoms with Crippen LogP contribution in [0.4, 0.5) is 0 Å². The number of hydrogen-bond donors (Lipinski definition) is 1. The van der Waals surface area contributed by atoms with Gasteiger partial charge in [-0.1, -0.05) is 13.0 Å². The van der Waals surface area contributed by atoms with E-state index in [1.807, 2.05) is 24.4 Å². The molecule has 2 aromatic heterocycles. The van der Waals surface area contributed by atoms with Gasteiger partial charge in [-0.25, -0.2) is 0 Å². The number of nitrogens with one attached hydrogen (secondary N) is 1. The Bertz CT molecular complexity index is 504. The molecule has 102 valence electrons. The van der Waals surface area contributed by atoms with Gasteiger partial charge in [-0.05, 0) is 38.5 Å². The highest BCUT2D eigenvalue weighted by molar-refractivity contribution is 5.12. The van der Waals surface area contributed by atoms with Crippen LogP contribution in [0.1, 0.15) is 43.9 Å². The van der Waals surface area contributed by atoms with Crippen LogP contribution in [0.3, 0.4) is 0 Å². The fraction of sp³-hybridized carbons (Fsp3) is 0.467. The van der Waals surface area contributed by atoms with E-state index in [9.17, 15) is 0 Å². The zero-order valence-corrected chi connectivity index (χ0v) is 11.9. The lowest BCUT2D eigenvalue weighted by atomic mass is 10.2. The lowest BCUT2D eigenvalue weighted by molar-refractivity contribution is 0.523. The maximum Gasteiger partial charge on any atom is 0.0625 e. The molecule has 0 fully saturated rings. The highest BCUT2D eigenvalue weighted by atomic mass is 15.3.